The van der Waals surface area contributed by atoms with Gasteiger partial charge in [-0.1, -0.05) is 0 Å². The highest BCUT2D eigenvalue weighted by atomic mass is 32.2. The first kappa shape index (κ1) is 23.7. The number of aromatic nitrogens is 2. The second-order valence-corrected chi connectivity index (χ2v) is 11.5. The van der Waals surface area contributed by atoms with Crippen molar-refractivity contribution >= 4 is 22.1 Å². The predicted molar refractivity (Wildman–Crippen MR) is 119 cm³/mol. The molecule has 10 heteroatoms. The van der Waals surface area contributed by atoms with Gasteiger partial charge in [0.15, 0.2) is 0 Å². The highest BCUT2D eigenvalue weighted by Crippen LogP contribution is 2.24. The van der Waals surface area contributed by atoms with Crippen molar-refractivity contribution in [1.29, 1.82) is 0 Å². The third-order valence-corrected chi connectivity index (χ3v) is 6.96. The lowest BCUT2D eigenvalue weighted by Gasteiger charge is -2.33. The maximum atomic E-state index is 12.2. The van der Waals surface area contributed by atoms with Crippen molar-refractivity contribution in [3.05, 3.63) is 17.5 Å². The van der Waals surface area contributed by atoms with Crippen molar-refractivity contribution in [2.24, 2.45) is 5.92 Å². The van der Waals surface area contributed by atoms with Crippen molar-refractivity contribution in [1.82, 2.24) is 19.2 Å². The van der Waals surface area contributed by atoms with Crippen LogP contribution in [0.2, 0.25) is 0 Å². The van der Waals surface area contributed by atoms with Crippen molar-refractivity contribution in [2.75, 3.05) is 37.8 Å². The van der Waals surface area contributed by atoms with Crippen LogP contribution < -0.4 is 5.32 Å². The van der Waals surface area contributed by atoms with Crippen LogP contribution in [0, 0.1) is 5.92 Å². The van der Waals surface area contributed by atoms with E-state index in [1.165, 1.54) is 10.6 Å². The van der Waals surface area contributed by atoms with Gasteiger partial charge >= 0.3 is 6.09 Å². The molecule has 0 saturated carbocycles. The van der Waals surface area contributed by atoms with Crippen LogP contribution in [0.4, 0.5) is 10.7 Å². The van der Waals surface area contributed by atoms with Crippen LogP contribution in [0.5, 0.6) is 0 Å². The molecular weight excluding hydrogens is 418 g/mol. The molecule has 1 fully saturated rings. The van der Waals surface area contributed by atoms with Gasteiger partial charge in [-0.25, -0.2) is 23.2 Å². The summed E-state index contributed by atoms with van der Waals surface area (Å²) in [5, 5.41) is 3.29. The SMILES string of the molecule is CC(C)(C)OC(=O)N1CCC(CCCNc2ncc3c(n2)CCN(S(C)(=O)=O)C3)CC1. The summed E-state index contributed by atoms with van der Waals surface area (Å²) in [4.78, 5) is 22.9. The number of hydrogen-bond acceptors (Lipinski definition) is 7. The molecule has 1 saturated heterocycles. The minimum Gasteiger partial charge on any atom is -0.444 e. The number of nitrogens with zero attached hydrogens (tertiary/aromatic N) is 4. The highest BCUT2D eigenvalue weighted by molar-refractivity contribution is 7.88. The molecule has 0 aromatic carbocycles. The van der Waals surface area contributed by atoms with Crippen LogP contribution in [0.15, 0.2) is 6.20 Å². The van der Waals surface area contributed by atoms with Crippen molar-refractivity contribution in [2.45, 2.75) is 65.0 Å². The molecule has 31 heavy (non-hydrogen) atoms. The zero-order valence-electron chi connectivity index (χ0n) is 19.1. The van der Waals surface area contributed by atoms with Gasteiger partial charge in [-0.05, 0) is 52.4 Å². The molecule has 1 aromatic heterocycles. The van der Waals surface area contributed by atoms with Gasteiger partial charge in [-0.15, -0.1) is 0 Å². The fraction of sp³-hybridized carbons (Fsp3) is 0.762. The Morgan fingerprint density at radius 2 is 1.97 bits per heavy atom. The zero-order chi connectivity index (χ0) is 22.6. The van der Waals surface area contributed by atoms with E-state index < -0.39 is 15.6 Å². The van der Waals surface area contributed by atoms with Crippen LogP contribution in [-0.2, 0) is 27.7 Å². The number of rotatable bonds is 6. The lowest BCUT2D eigenvalue weighted by atomic mass is 9.92. The van der Waals surface area contributed by atoms with E-state index in [9.17, 15) is 13.2 Å². The minimum absolute atomic E-state index is 0.211. The summed E-state index contributed by atoms with van der Waals surface area (Å²) >= 11 is 0. The largest absolute Gasteiger partial charge is 0.444 e. The number of carbonyl (C=O) groups is 1. The van der Waals surface area contributed by atoms with Crippen LogP contribution in [0.25, 0.3) is 0 Å². The molecule has 0 unspecified atom stereocenters. The Morgan fingerprint density at radius 3 is 2.61 bits per heavy atom. The van der Waals surface area contributed by atoms with Crippen LogP contribution in [0.1, 0.15) is 57.7 Å². The molecule has 0 radical (unpaired) electrons. The van der Waals surface area contributed by atoms with E-state index in [2.05, 4.69) is 15.3 Å². The average molecular weight is 454 g/mol. The molecule has 0 atom stereocenters. The smallest absolute Gasteiger partial charge is 0.410 e. The van der Waals surface area contributed by atoms with E-state index in [-0.39, 0.29) is 6.09 Å². The summed E-state index contributed by atoms with van der Waals surface area (Å²) in [6.07, 6.45) is 7.48. The van der Waals surface area contributed by atoms with E-state index in [4.69, 9.17) is 4.74 Å². The number of nitrogens with one attached hydrogen (secondary N) is 1. The molecule has 9 nitrogen and oxygen atoms in total. The molecular formula is C21H35N5O4S. The molecule has 2 aliphatic heterocycles. The Hall–Kier alpha value is -1.94. The van der Waals surface area contributed by atoms with Crippen LogP contribution in [0.3, 0.4) is 0 Å². The Morgan fingerprint density at radius 1 is 1.26 bits per heavy atom. The van der Waals surface area contributed by atoms with Gasteiger partial charge in [-0.3, -0.25) is 0 Å². The molecule has 1 amide bonds. The Bertz CT molecular complexity index is 876. The topological polar surface area (TPSA) is 105 Å². The number of amides is 1. The third kappa shape index (κ3) is 7.03. The number of likely N-dealkylation sites (tertiary alicyclic amines) is 1. The van der Waals surface area contributed by atoms with Gasteiger partial charge in [0.05, 0.1) is 11.9 Å². The fourth-order valence-corrected chi connectivity index (χ4v) is 4.78. The molecule has 1 N–H and O–H groups in total. The van der Waals surface area contributed by atoms with Gasteiger partial charge in [0.1, 0.15) is 5.60 Å². The summed E-state index contributed by atoms with van der Waals surface area (Å²) in [6, 6.07) is 0. The lowest BCUT2D eigenvalue weighted by Crippen LogP contribution is -2.41. The first-order valence-corrected chi connectivity index (χ1v) is 12.9. The standard InChI is InChI=1S/C21H35N5O4S/c1-21(2,3)30-20(27)25-11-7-16(8-12-25)6-5-10-22-19-23-14-17-15-26(31(4,28)29)13-9-18(17)24-19/h14,16H,5-13,15H2,1-4H3,(H,22,23,24). The van der Waals surface area contributed by atoms with E-state index in [0.29, 0.717) is 31.4 Å². The predicted octanol–water partition coefficient (Wildman–Crippen LogP) is 2.63. The van der Waals surface area contributed by atoms with Crippen molar-refractivity contribution < 1.29 is 17.9 Å². The number of fused-ring (bicyclic) bond motifs is 1. The monoisotopic (exact) mass is 453 g/mol. The lowest BCUT2D eigenvalue weighted by molar-refractivity contribution is 0.0181. The zero-order valence-corrected chi connectivity index (χ0v) is 19.9. The third-order valence-electron chi connectivity index (χ3n) is 5.71. The van der Waals surface area contributed by atoms with E-state index in [0.717, 1.165) is 56.6 Å². The second-order valence-electron chi connectivity index (χ2n) is 9.49. The maximum absolute atomic E-state index is 12.2. The molecule has 0 spiro atoms. The van der Waals surface area contributed by atoms with Gasteiger partial charge in [0.2, 0.25) is 16.0 Å². The molecule has 2 aliphatic rings. The second kappa shape index (κ2) is 9.68. The van der Waals surface area contributed by atoms with Gasteiger partial charge in [0.25, 0.3) is 0 Å². The van der Waals surface area contributed by atoms with E-state index in [1.54, 1.807) is 6.20 Å². The summed E-state index contributed by atoms with van der Waals surface area (Å²) in [6.45, 7) is 8.78. The maximum Gasteiger partial charge on any atom is 0.410 e. The minimum atomic E-state index is -3.19. The van der Waals surface area contributed by atoms with Gasteiger partial charge in [-0.2, -0.15) is 4.31 Å². The normalized spacial score (nSPS) is 18.5. The molecule has 3 heterocycles. The molecule has 174 valence electrons. The van der Waals surface area contributed by atoms with Crippen LogP contribution >= 0.6 is 0 Å². The number of sulfonamides is 1. The van der Waals surface area contributed by atoms with E-state index in [1.807, 2.05) is 25.7 Å². The van der Waals surface area contributed by atoms with Crippen LogP contribution in [-0.4, -0.2) is 71.7 Å². The summed E-state index contributed by atoms with van der Waals surface area (Å²) in [5.74, 6) is 1.22. The number of hydrogen-bond donors (Lipinski definition) is 1. The fourth-order valence-electron chi connectivity index (χ4n) is 3.98. The first-order chi connectivity index (χ1) is 14.5. The van der Waals surface area contributed by atoms with Gasteiger partial charge < -0.3 is 15.0 Å². The number of piperidine rings is 1. The van der Waals surface area contributed by atoms with Gasteiger partial charge in [0, 0.05) is 50.9 Å². The number of carbonyl (C=O) groups excluding carboxylic acids is 1. The van der Waals surface area contributed by atoms with E-state index >= 15 is 0 Å². The molecule has 1 aromatic rings. The average Bonchev–Trinajstić information content (AvgIpc) is 2.69. The van der Waals surface area contributed by atoms with Crippen molar-refractivity contribution in [3.8, 4) is 0 Å². The summed E-state index contributed by atoms with van der Waals surface area (Å²) < 4.78 is 30.4. The Balaban J connectivity index is 1.37. The highest BCUT2D eigenvalue weighted by Gasteiger charge is 2.27. The quantitative estimate of drug-likeness (QED) is 0.660. The summed E-state index contributed by atoms with van der Waals surface area (Å²) in [7, 11) is -3.19. The summed E-state index contributed by atoms with van der Waals surface area (Å²) in [5.41, 5.74) is 1.34. The molecule has 0 aliphatic carbocycles. The molecule has 3 rings (SSSR count). The molecule has 0 bridgehead atoms. The first-order valence-electron chi connectivity index (χ1n) is 11.0. The number of anilines is 1. The van der Waals surface area contributed by atoms with Crippen molar-refractivity contribution in [3.63, 3.8) is 0 Å². The Kier molecular flexibility index (Phi) is 7.41. The Labute approximate surface area is 185 Å². The number of ether oxygens (including phenoxy) is 1.